The van der Waals surface area contributed by atoms with E-state index in [9.17, 15) is 14.3 Å². The number of unbranched alkanes of at least 4 members (excludes halogenated alkanes) is 11. The minimum absolute atomic E-state index is 0.139. The summed E-state index contributed by atoms with van der Waals surface area (Å²) in [6.45, 7) is 2.25. The van der Waals surface area contributed by atoms with Crippen molar-refractivity contribution < 1.29 is 18.8 Å². The van der Waals surface area contributed by atoms with Gasteiger partial charge in [-0.1, -0.05) is 70.4 Å². The topological polar surface area (TPSA) is 63.6 Å². The standard InChI is InChI=1S/C19H37O4P/c1-3-4-5-6-7-8-9-10-11-12-13-14-15-16-17-18-19(20)24(21,22)23-2/h10-11H,3-9,12-18H2,1-2H3,(H,21,22). The molecule has 1 atom stereocenters. The van der Waals surface area contributed by atoms with Crippen LogP contribution in [0.1, 0.15) is 96.8 Å². The van der Waals surface area contributed by atoms with Gasteiger partial charge in [0, 0.05) is 13.5 Å². The Labute approximate surface area is 148 Å². The van der Waals surface area contributed by atoms with Crippen LogP contribution in [0.2, 0.25) is 0 Å². The molecule has 1 N–H and O–H groups in total. The average Bonchev–Trinajstić information content (AvgIpc) is 2.58. The zero-order valence-electron chi connectivity index (χ0n) is 15.7. The maximum atomic E-state index is 11.4. The Balaban J connectivity index is 3.32. The Hall–Kier alpha value is -0.440. The first-order valence-electron chi connectivity index (χ1n) is 9.61. The molecule has 0 aromatic heterocycles. The molecule has 0 aliphatic carbocycles. The lowest BCUT2D eigenvalue weighted by Crippen LogP contribution is -2.00. The summed E-state index contributed by atoms with van der Waals surface area (Å²) in [4.78, 5) is 20.6. The molecule has 5 heteroatoms. The highest BCUT2D eigenvalue weighted by molar-refractivity contribution is 7.70. The van der Waals surface area contributed by atoms with Gasteiger partial charge in [0.2, 0.25) is 5.52 Å². The van der Waals surface area contributed by atoms with Crippen LogP contribution in [0.25, 0.3) is 0 Å². The molecule has 24 heavy (non-hydrogen) atoms. The van der Waals surface area contributed by atoms with Gasteiger partial charge in [-0.15, -0.1) is 0 Å². The van der Waals surface area contributed by atoms with Gasteiger partial charge in [0.05, 0.1) is 0 Å². The zero-order valence-corrected chi connectivity index (χ0v) is 16.6. The van der Waals surface area contributed by atoms with E-state index >= 15 is 0 Å². The van der Waals surface area contributed by atoms with Gasteiger partial charge in [0.25, 0.3) is 0 Å². The second-order valence-electron chi connectivity index (χ2n) is 6.43. The number of carbonyl (C=O) groups excluding carboxylic acids is 1. The minimum Gasteiger partial charge on any atom is -0.319 e. The third-order valence-electron chi connectivity index (χ3n) is 4.22. The Kier molecular flexibility index (Phi) is 15.8. The molecule has 0 spiro atoms. The number of hydrogen-bond acceptors (Lipinski definition) is 3. The molecule has 0 aliphatic heterocycles. The molecular weight excluding hydrogens is 323 g/mol. The molecule has 0 heterocycles. The van der Waals surface area contributed by atoms with E-state index < -0.39 is 13.1 Å². The van der Waals surface area contributed by atoms with Gasteiger partial charge in [-0.05, 0) is 32.1 Å². The monoisotopic (exact) mass is 360 g/mol. The molecule has 0 radical (unpaired) electrons. The van der Waals surface area contributed by atoms with Crippen LogP contribution < -0.4 is 0 Å². The van der Waals surface area contributed by atoms with Crippen LogP contribution in [-0.4, -0.2) is 17.5 Å². The molecule has 0 aromatic carbocycles. The largest absolute Gasteiger partial charge is 0.393 e. The van der Waals surface area contributed by atoms with Crippen molar-refractivity contribution in [2.24, 2.45) is 0 Å². The van der Waals surface area contributed by atoms with Crippen molar-refractivity contribution in [2.75, 3.05) is 7.11 Å². The molecule has 0 rings (SSSR count). The predicted molar refractivity (Wildman–Crippen MR) is 101 cm³/mol. The van der Waals surface area contributed by atoms with E-state index in [0.717, 1.165) is 32.8 Å². The maximum Gasteiger partial charge on any atom is 0.393 e. The number of carbonyl (C=O) groups is 1. The number of hydrogen-bond donors (Lipinski definition) is 1. The SMILES string of the molecule is CCCCCCCCC=CCCCCCCCC(=O)P(=O)(O)OC. The molecule has 4 nitrogen and oxygen atoms in total. The van der Waals surface area contributed by atoms with Crippen molar-refractivity contribution in [2.45, 2.75) is 96.8 Å². The van der Waals surface area contributed by atoms with E-state index in [2.05, 4.69) is 23.6 Å². The lowest BCUT2D eigenvalue weighted by Gasteiger charge is -2.06. The minimum atomic E-state index is -4.00. The molecule has 1 unspecified atom stereocenters. The summed E-state index contributed by atoms with van der Waals surface area (Å²) in [5.74, 6) is 0. The number of allylic oxidation sites excluding steroid dienone is 2. The smallest absolute Gasteiger partial charge is 0.319 e. The van der Waals surface area contributed by atoms with Crippen LogP contribution in [-0.2, 0) is 13.9 Å². The fraction of sp³-hybridized carbons (Fsp3) is 0.842. The fourth-order valence-corrected chi connectivity index (χ4v) is 3.23. The van der Waals surface area contributed by atoms with Gasteiger partial charge in [-0.3, -0.25) is 9.36 Å². The highest BCUT2D eigenvalue weighted by atomic mass is 31.2. The van der Waals surface area contributed by atoms with E-state index in [-0.39, 0.29) is 6.42 Å². The number of rotatable bonds is 17. The highest BCUT2D eigenvalue weighted by Gasteiger charge is 2.27. The molecule has 0 amide bonds. The summed E-state index contributed by atoms with van der Waals surface area (Å²) >= 11 is 0. The van der Waals surface area contributed by atoms with Crippen LogP contribution in [0, 0.1) is 0 Å². The van der Waals surface area contributed by atoms with Crippen LogP contribution in [0.15, 0.2) is 12.2 Å². The fourth-order valence-electron chi connectivity index (χ4n) is 2.59. The Bertz CT molecular complexity index is 380. The predicted octanol–water partition coefficient (Wildman–Crippen LogP) is 6.38. The van der Waals surface area contributed by atoms with Gasteiger partial charge >= 0.3 is 7.60 Å². The molecule has 0 aliphatic rings. The quantitative estimate of drug-likeness (QED) is 0.186. The van der Waals surface area contributed by atoms with Gasteiger partial charge in [-0.2, -0.15) is 0 Å². The second kappa shape index (κ2) is 16.1. The molecule has 0 saturated carbocycles. The zero-order chi connectivity index (χ0) is 18.1. The average molecular weight is 360 g/mol. The molecule has 142 valence electrons. The highest BCUT2D eigenvalue weighted by Crippen LogP contribution is 2.43. The van der Waals surface area contributed by atoms with E-state index in [0.29, 0.717) is 6.42 Å². The Morgan fingerprint density at radius 3 is 1.83 bits per heavy atom. The van der Waals surface area contributed by atoms with Crippen molar-refractivity contribution in [3.63, 3.8) is 0 Å². The van der Waals surface area contributed by atoms with Crippen LogP contribution in [0.4, 0.5) is 0 Å². The first-order chi connectivity index (χ1) is 11.5. The third kappa shape index (κ3) is 13.9. The summed E-state index contributed by atoms with van der Waals surface area (Å²) in [5, 5.41) is 0. The Morgan fingerprint density at radius 1 is 0.875 bits per heavy atom. The first-order valence-corrected chi connectivity index (χ1v) is 11.2. The van der Waals surface area contributed by atoms with Crippen molar-refractivity contribution in [1.82, 2.24) is 0 Å². The van der Waals surface area contributed by atoms with E-state index in [1.807, 2.05) is 0 Å². The van der Waals surface area contributed by atoms with Gasteiger partial charge in [-0.25, -0.2) is 0 Å². The van der Waals surface area contributed by atoms with Crippen molar-refractivity contribution >= 4 is 13.1 Å². The second-order valence-corrected chi connectivity index (χ2v) is 8.34. The van der Waals surface area contributed by atoms with Gasteiger partial charge < -0.3 is 9.42 Å². The van der Waals surface area contributed by atoms with Crippen molar-refractivity contribution in [3.8, 4) is 0 Å². The molecule has 0 fully saturated rings. The lowest BCUT2D eigenvalue weighted by molar-refractivity contribution is -0.113. The summed E-state index contributed by atoms with van der Waals surface area (Å²) in [6, 6.07) is 0. The Morgan fingerprint density at radius 2 is 1.33 bits per heavy atom. The summed E-state index contributed by atoms with van der Waals surface area (Å²) < 4.78 is 15.6. The van der Waals surface area contributed by atoms with Crippen LogP contribution in [0.5, 0.6) is 0 Å². The lowest BCUT2D eigenvalue weighted by atomic mass is 10.1. The maximum absolute atomic E-state index is 11.4. The summed E-state index contributed by atoms with van der Waals surface area (Å²) in [5.41, 5.74) is -0.664. The van der Waals surface area contributed by atoms with E-state index in [1.165, 1.54) is 51.4 Å². The van der Waals surface area contributed by atoms with Crippen molar-refractivity contribution in [3.05, 3.63) is 12.2 Å². The van der Waals surface area contributed by atoms with E-state index in [4.69, 9.17) is 0 Å². The van der Waals surface area contributed by atoms with Gasteiger partial charge in [0.15, 0.2) is 0 Å². The van der Waals surface area contributed by atoms with Crippen LogP contribution >= 0.6 is 7.60 Å². The summed E-state index contributed by atoms with van der Waals surface area (Å²) in [7, 11) is -2.90. The van der Waals surface area contributed by atoms with Crippen molar-refractivity contribution in [1.29, 1.82) is 0 Å². The normalized spacial score (nSPS) is 14.1. The first kappa shape index (κ1) is 23.6. The molecule has 0 bridgehead atoms. The molecular formula is C19H37O4P. The molecule has 0 saturated heterocycles. The summed E-state index contributed by atoms with van der Waals surface area (Å²) in [6.07, 6.45) is 20.2. The third-order valence-corrected chi connectivity index (χ3v) is 5.56. The van der Waals surface area contributed by atoms with E-state index in [1.54, 1.807) is 0 Å². The van der Waals surface area contributed by atoms with Crippen LogP contribution in [0.3, 0.4) is 0 Å². The van der Waals surface area contributed by atoms with Gasteiger partial charge in [0.1, 0.15) is 0 Å². The molecule has 0 aromatic rings.